The zero-order valence-electron chi connectivity index (χ0n) is 23.9. The van der Waals surface area contributed by atoms with Crippen LogP contribution in [0.3, 0.4) is 0 Å². The van der Waals surface area contributed by atoms with Crippen molar-refractivity contribution < 1.29 is 31.4 Å². The first-order valence-corrected chi connectivity index (χ1v) is 16.9. The number of alkyl halides is 3. The number of aryl methyl sites for hydroxylation is 1. The fraction of sp³-hybridized carbons (Fsp3) is 0.517. The first-order chi connectivity index (χ1) is 20.5. The average Bonchev–Trinajstić information content (AvgIpc) is 3.69. The molecule has 0 unspecified atom stereocenters. The number of sulfone groups is 1. The van der Waals surface area contributed by atoms with Crippen LogP contribution in [0, 0.1) is 0 Å². The summed E-state index contributed by atoms with van der Waals surface area (Å²) in [5, 5.41) is 12.3. The Kier molecular flexibility index (Phi) is 8.18. The van der Waals surface area contributed by atoms with Gasteiger partial charge in [-0.25, -0.2) is 18.4 Å². The molecule has 1 aromatic carbocycles. The number of ether oxygens (including phenoxy) is 1. The van der Waals surface area contributed by atoms with Gasteiger partial charge < -0.3 is 20.1 Å². The lowest BCUT2D eigenvalue weighted by Gasteiger charge is -2.36. The molecule has 0 aliphatic carbocycles. The SMILES string of the molecule is CCc1cc(N2C[C@H]3C[C@@H]2CN3CCCO)ccc1Nc1ncc(C(F)(F)F)c(-c2cc3c(s2)[C@H](C)OCCS3(=O)=O)n1. The van der Waals surface area contributed by atoms with Crippen LogP contribution in [0.4, 0.5) is 30.5 Å². The minimum absolute atomic E-state index is 0.00487. The summed E-state index contributed by atoms with van der Waals surface area (Å²) in [6.45, 7) is 6.71. The van der Waals surface area contributed by atoms with E-state index in [0.717, 1.165) is 61.3 Å². The molecule has 43 heavy (non-hydrogen) atoms. The summed E-state index contributed by atoms with van der Waals surface area (Å²) in [6, 6.07) is 8.18. The second-order valence-electron chi connectivity index (χ2n) is 11.2. The molecule has 2 bridgehead atoms. The van der Waals surface area contributed by atoms with Gasteiger partial charge in [0.05, 0.1) is 38.8 Å². The molecule has 2 aromatic heterocycles. The second-order valence-corrected chi connectivity index (χ2v) is 14.4. The van der Waals surface area contributed by atoms with Gasteiger partial charge in [-0.2, -0.15) is 13.2 Å². The predicted molar refractivity (Wildman–Crippen MR) is 159 cm³/mol. The van der Waals surface area contributed by atoms with Gasteiger partial charge in [-0.15, -0.1) is 11.3 Å². The van der Waals surface area contributed by atoms with Crippen molar-refractivity contribution in [1.82, 2.24) is 14.9 Å². The normalized spacial score (nSPS) is 23.4. The quantitative estimate of drug-likeness (QED) is 0.351. The molecule has 3 aliphatic heterocycles. The van der Waals surface area contributed by atoms with Crippen molar-refractivity contribution in [3.8, 4) is 10.6 Å². The summed E-state index contributed by atoms with van der Waals surface area (Å²) < 4.78 is 73.4. The number of halogens is 3. The van der Waals surface area contributed by atoms with Crippen molar-refractivity contribution >= 4 is 38.5 Å². The van der Waals surface area contributed by atoms with E-state index in [1.54, 1.807) is 6.92 Å². The van der Waals surface area contributed by atoms with E-state index in [-0.39, 0.29) is 40.4 Å². The van der Waals surface area contributed by atoms with Crippen molar-refractivity contribution in [3.05, 3.63) is 46.5 Å². The van der Waals surface area contributed by atoms with Crippen molar-refractivity contribution in [2.24, 2.45) is 0 Å². The first kappa shape index (κ1) is 30.3. The second kappa shape index (κ2) is 11.6. The molecule has 2 saturated heterocycles. The number of rotatable bonds is 8. The maximum absolute atomic E-state index is 14.1. The predicted octanol–water partition coefficient (Wildman–Crippen LogP) is 5.04. The van der Waals surface area contributed by atoms with Crippen molar-refractivity contribution in [2.75, 3.05) is 48.8 Å². The van der Waals surface area contributed by atoms with Crippen molar-refractivity contribution in [2.45, 2.75) is 62.4 Å². The van der Waals surface area contributed by atoms with E-state index >= 15 is 0 Å². The average molecular weight is 638 g/mol. The molecule has 6 rings (SSSR count). The van der Waals surface area contributed by atoms with Crippen LogP contribution in [-0.2, 0) is 27.2 Å². The maximum Gasteiger partial charge on any atom is 0.420 e. The van der Waals surface area contributed by atoms with Crippen LogP contribution in [-0.4, -0.2) is 79.1 Å². The molecular formula is C29H34F3N5O4S2. The highest BCUT2D eigenvalue weighted by Crippen LogP contribution is 2.44. The van der Waals surface area contributed by atoms with Gasteiger partial charge in [0.1, 0.15) is 5.56 Å². The highest BCUT2D eigenvalue weighted by molar-refractivity contribution is 7.91. The third-order valence-corrected chi connectivity index (χ3v) is 11.6. The van der Waals surface area contributed by atoms with E-state index < -0.39 is 27.7 Å². The molecular weight excluding hydrogens is 603 g/mol. The molecule has 3 aromatic rings. The van der Waals surface area contributed by atoms with Gasteiger partial charge in [0.2, 0.25) is 5.95 Å². The molecule has 232 valence electrons. The summed E-state index contributed by atoms with van der Waals surface area (Å²) in [4.78, 5) is 13.6. The van der Waals surface area contributed by atoms with E-state index in [2.05, 4.69) is 31.2 Å². The largest absolute Gasteiger partial charge is 0.420 e. The number of hydrogen-bond acceptors (Lipinski definition) is 10. The Bertz CT molecular complexity index is 1610. The maximum atomic E-state index is 14.1. The van der Waals surface area contributed by atoms with Crippen LogP contribution in [0.25, 0.3) is 10.6 Å². The number of fused-ring (bicyclic) bond motifs is 3. The van der Waals surface area contributed by atoms with Crippen molar-refractivity contribution in [1.29, 1.82) is 0 Å². The number of aromatic nitrogens is 2. The number of likely N-dealkylation sites (tertiary alicyclic amines) is 1. The molecule has 0 spiro atoms. The molecule has 9 nitrogen and oxygen atoms in total. The van der Waals surface area contributed by atoms with E-state index in [9.17, 15) is 26.7 Å². The fourth-order valence-electron chi connectivity index (χ4n) is 6.30. The number of nitrogens with zero attached hydrogens (tertiary/aromatic N) is 4. The summed E-state index contributed by atoms with van der Waals surface area (Å²) in [5.41, 5.74) is 1.35. The first-order valence-electron chi connectivity index (χ1n) is 14.4. The number of nitrogens with one attached hydrogen (secondary N) is 1. The van der Waals surface area contributed by atoms with Crippen LogP contribution >= 0.6 is 11.3 Å². The van der Waals surface area contributed by atoms with Crippen LogP contribution in [0.1, 0.15) is 48.8 Å². The lowest BCUT2D eigenvalue weighted by atomic mass is 10.1. The zero-order valence-corrected chi connectivity index (χ0v) is 25.5. The number of benzene rings is 1. The highest BCUT2D eigenvalue weighted by Gasteiger charge is 2.43. The van der Waals surface area contributed by atoms with Crippen LogP contribution in [0.2, 0.25) is 0 Å². The summed E-state index contributed by atoms with van der Waals surface area (Å²) in [5.74, 6) is -0.249. The van der Waals surface area contributed by atoms with Gasteiger partial charge in [-0.3, -0.25) is 4.90 Å². The van der Waals surface area contributed by atoms with Crippen LogP contribution in [0.15, 0.2) is 35.4 Å². The third-order valence-electron chi connectivity index (χ3n) is 8.48. The van der Waals surface area contributed by atoms with Crippen molar-refractivity contribution in [3.63, 3.8) is 0 Å². The Morgan fingerprint density at radius 1 is 1.21 bits per heavy atom. The summed E-state index contributed by atoms with van der Waals surface area (Å²) >= 11 is 0.948. The molecule has 0 radical (unpaired) electrons. The van der Waals surface area contributed by atoms with E-state index in [1.165, 1.54) is 6.07 Å². The molecule has 2 N–H and O–H groups in total. The standard InChI is InChI=1S/C29H34F3N5O4S2/c1-3-18-11-19(37-16-20-12-21(37)15-36(20)7-4-8-38)5-6-23(18)34-28-33-14-22(29(30,31)32)26(35-28)24-13-25-27(42-24)17(2)41-9-10-43(25,39)40/h5-6,11,13-14,17,20-21,38H,3-4,7-10,12,15-16H2,1-2H3,(H,33,34,35)/t17-,20+,21+/m0/s1. The lowest BCUT2D eigenvalue weighted by Crippen LogP contribution is -2.46. The molecule has 0 saturated carbocycles. The highest BCUT2D eigenvalue weighted by atomic mass is 32.2. The van der Waals surface area contributed by atoms with Crippen LogP contribution < -0.4 is 10.2 Å². The monoisotopic (exact) mass is 637 g/mol. The Balaban J connectivity index is 1.29. The molecule has 3 aliphatic rings. The van der Waals surface area contributed by atoms with Gasteiger partial charge in [0, 0.05) is 55.9 Å². The molecule has 14 heteroatoms. The lowest BCUT2D eigenvalue weighted by molar-refractivity contribution is -0.137. The summed E-state index contributed by atoms with van der Waals surface area (Å²) in [6.07, 6.45) is -2.02. The minimum atomic E-state index is -4.74. The number of thiophene rings is 1. The number of hydrogen-bond donors (Lipinski definition) is 2. The zero-order chi connectivity index (χ0) is 30.5. The van der Waals surface area contributed by atoms with E-state index in [0.29, 0.717) is 29.1 Å². The number of anilines is 3. The number of aliphatic hydroxyl groups is 1. The van der Waals surface area contributed by atoms with Gasteiger partial charge in [0.15, 0.2) is 9.84 Å². The van der Waals surface area contributed by atoms with E-state index in [1.807, 2.05) is 19.1 Å². The van der Waals surface area contributed by atoms with Crippen LogP contribution in [0.5, 0.6) is 0 Å². The third kappa shape index (κ3) is 5.87. The Morgan fingerprint density at radius 3 is 2.72 bits per heavy atom. The molecule has 5 heterocycles. The topological polar surface area (TPSA) is 108 Å². The molecule has 2 fully saturated rings. The van der Waals surface area contributed by atoms with Gasteiger partial charge in [-0.05, 0) is 56.0 Å². The van der Waals surface area contributed by atoms with Gasteiger partial charge in [-0.1, -0.05) is 6.92 Å². The van der Waals surface area contributed by atoms with E-state index in [4.69, 9.17) is 4.74 Å². The Hall–Kier alpha value is -2.78. The fourth-order valence-corrected chi connectivity index (χ4v) is 9.24. The van der Waals surface area contributed by atoms with Gasteiger partial charge >= 0.3 is 6.18 Å². The number of piperazine rings is 1. The Labute approximate surface area is 252 Å². The Morgan fingerprint density at radius 2 is 2.02 bits per heavy atom. The number of aliphatic hydroxyl groups excluding tert-OH is 1. The minimum Gasteiger partial charge on any atom is -0.396 e. The summed E-state index contributed by atoms with van der Waals surface area (Å²) in [7, 11) is -3.71. The van der Waals surface area contributed by atoms with Gasteiger partial charge in [0.25, 0.3) is 0 Å². The molecule has 3 atom stereocenters. The molecule has 0 amide bonds. The smallest absolute Gasteiger partial charge is 0.396 e.